The fourth-order valence-corrected chi connectivity index (χ4v) is 2.10. The van der Waals surface area contributed by atoms with Gasteiger partial charge >= 0.3 is 5.97 Å². The first-order valence-electron chi connectivity index (χ1n) is 6.98. The first kappa shape index (κ1) is 14.8. The molecule has 0 fully saturated rings. The largest absolute Gasteiger partial charge is 0.462 e. The van der Waals surface area contributed by atoms with Crippen LogP contribution in [0.15, 0.2) is 60.7 Å². The summed E-state index contributed by atoms with van der Waals surface area (Å²) in [5.41, 5.74) is 1.56. The molecule has 0 spiro atoms. The van der Waals surface area contributed by atoms with Gasteiger partial charge in [-0.3, -0.25) is 0 Å². The number of ether oxygens (including phenoxy) is 1. The predicted octanol–water partition coefficient (Wildman–Crippen LogP) is 3.93. The topological polar surface area (TPSA) is 50.1 Å². The van der Waals surface area contributed by atoms with E-state index in [2.05, 4.69) is 6.07 Å². The van der Waals surface area contributed by atoms with Gasteiger partial charge in [0, 0.05) is 0 Å². The zero-order valence-electron chi connectivity index (χ0n) is 11.7. The van der Waals surface area contributed by atoms with Crippen LogP contribution in [0.25, 0.3) is 0 Å². The number of carbonyl (C=O) groups excluding carboxylic acids is 1. The Kier molecular flexibility index (Phi) is 5.54. The highest BCUT2D eigenvalue weighted by atomic mass is 16.5. The molecule has 0 amide bonds. The second-order valence-electron chi connectivity index (χ2n) is 4.74. The van der Waals surface area contributed by atoms with Gasteiger partial charge in [0.25, 0.3) is 0 Å². The molecular weight excluding hydrogens is 262 g/mol. The molecule has 1 atom stereocenters. The Balaban J connectivity index is 1.77. The van der Waals surface area contributed by atoms with Crippen LogP contribution in [0.5, 0.6) is 0 Å². The van der Waals surface area contributed by atoms with Gasteiger partial charge in [0.05, 0.1) is 24.2 Å². The molecule has 0 aliphatic rings. The van der Waals surface area contributed by atoms with Crippen LogP contribution in [0.3, 0.4) is 0 Å². The van der Waals surface area contributed by atoms with Gasteiger partial charge in [-0.05, 0) is 30.5 Å². The smallest absolute Gasteiger partial charge is 0.338 e. The monoisotopic (exact) mass is 279 g/mol. The molecule has 0 bridgehead atoms. The SMILES string of the molecule is N#CC(CCCOC(=O)c1ccccc1)c1ccccc1. The number of rotatable bonds is 6. The summed E-state index contributed by atoms with van der Waals surface area (Å²) in [5, 5.41) is 9.21. The van der Waals surface area contributed by atoms with Gasteiger partial charge in [0.1, 0.15) is 0 Å². The Labute approximate surface area is 124 Å². The third-order valence-corrected chi connectivity index (χ3v) is 3.24. The van der Waals surface area contributed by atoms with Crippen LogP contribution in [0.4, 0.5) is 0 Å². The molecular formula is C18H17NO2. The van der Waals surface area contributed by atoms with E-state index in [0.29, 0.717) is 25.0 Å². The van der Waals surface area contributed by atoms with Crippen LogP contribution in [0, 0.1) is 11.3 Å². The van der Waals surface area contributed by atoms with Crippen molar-refractivity contribution in [3.05, 3.63) is 71.8 Å². The molecule has 0 saturated carbocycles. The van der Waals surface area contributed by atoms with E-state index in [1.807, 2.05) is 36.4 Å². The molecule has 21 heavy (non-hydrogen) atoms. The molecule has 0 heterocycles. The Morgan fingerprint density at radius 2 is 1.67 bits per heavy atom. The highest BCUT2D eigenvalue weighted by molar-refractivity contribution is 5.89. The number of carbonyl (C=O) groups is 1. The molecule has 3 heteroatoms. The zero-order chi connectivity index (χ0) is 14.9. The van der Waals surface area contributed by atoms with Crippen molar-refractivity contribution in [1.82, 2.24) is 0 Å². The van der Waals surface area contributed by atoms with Crippen molar-refractivity contribution in [2.75, 3.05) is 6.61 Å². The van der Waals surface area contributed by atoms with Crippen LogP contribution >= 0.6 is 0 Å². The van der Waals surface area contributed by atoms with Crippen LogP contribution in [0.1, 0.15) is 34.7 Å². The van der Waals surface area contributed by atoms with Crippen molar-refractivity contribution in [1.29, 1.82) is 5.26 Å². The van der Waals surface area contributed by atoms with Gasteiger partial charge in [-0.2, -0.15) is 5.26 Å². The number of benzene rings is 2. The number of nitriles is 1. The van der Waals surface area contributed by atoms with Crippen LogP contribution < -0.4 is 0 Å². The Morgan fingerprint density at radius 1 is 1.05 bits per heavy atom. The van der Waals surface area contributed by atoms with Gasteiger partial charge in [-0.15, -0.1) is 0 Å². The normalized spacial score (nSPS) is 11.4. The lowest BCUT2D eigenvalue weighted by Crippen LogP contribution is -2.07. The molecule has 2 aromatic rings. The van der Waals surface area contributed by atoms with Crippen molar-refractivity contribution < 1.29 is 9.53 Å². The summed E-state index contributed by atoms with van der Waals surface area (Å²) in [4.78, 5) is 11.7. The molecule has 0 radical (unpaired) electrons. The molecule has 0 aliphatic carbocycles. The van der Waals surface area contributed by atoms with E-state index in [-0.39, 0.29) is 11.9 Å². The van der Waals surface area contributed by atoms with Crippen molar-refractivity contribution in [3.8, 4) is 6.07 Å². The minimum Gasteiger partial charge on any atom is -0.462 e. The average molecular weight is 279 g/mol. The van der Waals surface area contributed by atoms with E-state index in [1.165, 1.54) is 0 Å². The van der Waals surface area contributed by atoms with E-state index in [4.69, 9.17) is 4.74 Å². The maximum Gasteiger partial charge on any atom is 0.338 e. The van der Waals surface area contributed by atoms with Crippen LogP contribution in [0.2, 0.25) is 0 Å². The quantitative estimate of drug-likeness (QED) is 0.594. The lowest BCUT2D eigenvalue weighted by Gasteiger charge is -2.09. The van der Waals surface area contributed by atoms with E-state index < -0.39 is 0 Å². The van der Waals surface area contributed by atoms with Crippen LogP contribution in [-0.4, -0.2) is 12.6 Å². The van der Waals surface area contributed by atoms with Gasteiger partial charge in [0.2, 0.25) is 0 Å². The van der Waals surface area contributed by atoms with E-state index >= 15 is 0 Å². The summed E-state index contributed by atoms with van der Waals surface area (Å²) in [5.74, 6) is -0.467. The number of hydrogen-bond acceptors (Lipinski definition) is 3. The summed E-state index contributed by atoms with van der Waals surface area (Å²) in [7, 11) is 0. The standard InChI is InChI=1S/C18H17NO2/c19-14-17(15-8-3-1-4-9-15)12-7-13-21-18(20)16-10-5-2-6-11-16/h1-6,8-11,17H,7,12-13H2. The van der Waals surface area contributed by atoms with Gasteiger partial charge in [0.15, 0.2) is 0 Å². The molecule has 0 aliphatic heterocycles. The minimum atomic E-state index is -0.316. The number of esters is 1. The third kappa shape index (κ3) is 4.47. The second kappa shape index (κ2) is 7.86. The van der Waals surface area contributed by atoms with Crippen molar-refractivity contribution in [3.63, 3.8) is 0 Å². The number of hydrogen-bond donors (Lipinski definition) is 0. The molecule has 1 unspecified atom stereocenters. The lowest BCUT2D eigenvalue weighted by atomic mass is 9.96. The van der Waals surface area contributed by atoms with Crippen molar-refractivity contribution in [2.45, 2.75) is 18.8 Å². The summed E-state index contributed by atoms with van der Waals surface area (Å²) in [6.45, 7) is 0.332. The first-order valence-corrected chi connectivity index (χ1v) is 6.98. The Morgan fingerprint density at radius 3 is 2.29 bits per heavy atom. The molecule has 0 N–H and O–H groups in total. The molecule has 3 nitrogen and oxygen atoms in total. The fourth-order valence-electron chi connectivity index (χ4n) is 2.10. The van der Waals surface area contributed by atoms with E-state index in [1.54, 1.807) is 24.3 Å². The number of nitrogens with zero attached hydrogens (tertiary/aromatic N) is 1. The maximum absolute atomic E-state index is 11.7. The Hall–Kier alpha value is -2.60. The summed E-state index contributed by atoms with van der Waals surface area (Å²) >= 11 is 0. The van der Waals surface area contributed by atoms with Gasteiger partial charge in [-0.25, -0.2) is 4.79 Å². The average Bonchev–Trinajstić information content (AvgIpc) is 2.56. The van der Waals surface area contributed by atoms with E-state index in [0.717, 1.165) is 5.56 Å². The predicted molar refractivity (Wildman–Crippen MR) is 80.8 cm³/mol. The fraction of sp³-hybridized carbons (Fsp3) is 0.222. The highest BCUT2D eigenvalue weighted by Gasteiger charge is 2.11. The summed E-state index contributed by atoms with van der Waals surface area (Å²) in [6, 6.07) is 20.9. The van der Waals surface area contributed by atoms with E-state index in [9.17, 15) is 10.1 Å². The molecule has 0 aromatic heterocycles. The van der Waals surface area contributed by atoms with Crippen molar-refractivity contribution in [2.24, 2.45) is 0 Å². The molecule has 0 saturated heterocycles. The third-order valence-electron chi connectivity index (χ3n) is 3.24. The second-order valence-corrected chi connectivity index (χ2v) is 4.74. The van der Waals surface area contributed by atoms with Gasteiger partial charge in [-0.1, -0.05) is 48.5 Å². The maximum atomic E-state index is 11.7. The lowest BCUT2D eigenvalue weighted by molar-refractivity contribution is 0.0497. The van der Waals surface area contributed by atoms with Gasteiger partial charge < -0.3 is 4.74 Å². The van der Waals surface area contributed by atoms with Crippen LogP contribution in [-0.2, 0) is 4.74 Å². The summed E-state index contributed by atoms with van der Waals surface area (Å²) < 4.78 is 5.21. The molecule has 106 valence electrons. The summed E-state index contributed by atoms with van der Waals surface area (Å²) in [6.07, 6.45) is 1.36. The molecule has 2 aromatic carbocycles. The molecule has 2 rings (SSSR count). The first-order chi connectivity index (χ1) is 10.3. The van der Waals surface area contributed by atoms with Crippen molar-refractivity contribution >= 4 is 5.97 Å². The zero-order valence-corrected chi connectivity index (χ0v) is 11.7. The minimum absolute atomic E-state index is 0.151. The highest BCUT2D eigenvalue weighted by Crippen LogP contribution is 2.20. The Bertz CT molecular complexity index is 602.